The summed E-state index contributed by atoms with van der Waals surface area (Å²) in [5, 5.41) is 0. The smallest absolute Gasteiger partial charge is 0.395 e. The van der Waals surface area contributed by atoms with Crippen LogP contribution in [0, 0.1) is 0 Å². The molecule has 4 nitrogen and oxygen atoms in total. The molecule has 3 aromatic carbocycles. The number of benzene rings is 3. The van der Waals surface area contributed by atoms with Gasteiger partial charge in [-0.25, -0.2) is 4.57 Å². The Kier molecular flexibility index (Phi) is 6.26. The number of hydrogen-bond acceptors (Lipinski definition) is 4. The Bertz CT molecular complexity index is 819. The molecule has 0 spiro atoms. The first kappa shape index (κ1) is 18.0. The summed E-state index contributed by atoms with van der Waals surface area (Å²) >= 11 is 0. The minimum Gasteiger partial charge on any atom is -0.395 e. The average molecular weight is 366 g/mol. The van der Waals surface area contributed by atoms with Crippen LogP contribution in [-0.2, 0) is 9.09 Å². The van der Waals surface area contributed by atoms with Gasteiger partial charge in [0.1, 0.15) is 11.5 Å². The maximum absolute atomic E-state index is 13.1. The van der Waals surface area contributed by atoms with E-state index in [-0.39, 0.29) is 6.61 Å². The van der Waals surface area contributed by atoms with E-state index in [4.69, 9.17) is 13.6 Å². The highest BCUT2D eigenvalue weighted by Gasteiger charge is 2.30. The zero-order valence-corrected chi connectivity index (χ0v) is 15.0. The second-order valence-corrected chi connectivity index (χ2v) is 6.88. The SMILES string of the molecule is O=P(OCC=Cc1ccccc1)(Oc1ccccc1)Oc1ccccc1. The lowest BCUT2D eigenvalue weighted by atomic mass is 10.2. The van der Waals surface area contributed by atoms with E-state index in [1.807, 2.05) is 48.5 Å². The van der Waals surface area contributed by atoms with E-state index in [1.54, 1.807) is 54.6 Å². The van der Waals surface area contributed by atoms with Gasteiger partial charge in [0, 0.05) is 0 Å². The van der Waals surface area contributed by atoms with Crippen molar-refractivity contribution in [3.8, 4) is 11.5 Å². The first-order chi connectivity index (χ1) is 12.7. The van der Waals surface area contributed by atoms with Gasteiger partial charge in [-0.15, -0.1) is 0 Å². The molecule has 5 heteroatoms. The van der Waals surface area contributed by atoms with Crippen LogP contribution < -0.4 is 9.05 Å². The first-order valence-corrected chi connectivity index (χ1v) is 9.65. The fraction of sp³-hybridized carbons (Fsp3) is 0.0476. The third-order valence-electron chi connectivity index (χ3n) is 3.36. The van der Waals surface area contributed by atoms with Gasteiger partial charge >= 0.3 is 7.82 Å². The Labute approximate surface area is 153 Å². The fourth-order valence-electron chi connectivity index (χ4n) is 2.17. The summed E-state index contributed by atoms with van der Waals surface area (Å²) in [5.41, 5.74) is 1.03. The summed E-state index contributed by atoms with van der Waals surface area (Å²) in [4.78, 5) is 0. The van der Waals surface area contributed by atoms with Crippen LogP contribution in [-0.4, -0.2) is 6.61 Å². The highest BCUT2D eigenvalue weighted by atomic mass is 31.2. The van der Waals surface area contributed by atoms with Crippen LogP contribution >= 0.6 is 7.82 Å². The molecule has 0 fully saturated rings. The van der Waals surface area contributed by atoms with Gasteiger partial charge < -0.3 is 9.05 Å². The van der Waals surface area contributed by atoms with Crippen LogP contribution in [0.3, 0.4) is 0 Å². The molecule has 3 aromatic rings. The quantitative estimate of drug-likeness (QED) is 0.460. The third kappa shape index (κ3) is 5.62. The summed E-state index contributed by atoms with van der Waals surface area (Å²) in [5.74, 6) is 0.831. The minimum absolute atomic E-state index is 0.0891. The van der Waals surface area contributed by atoms with E-state index in [0.29, 0.717) is 11.5 Å². The van der Waals surface area contributed by atoms with Gasteiger partial charge in [-0.05, 0) is 29.8 Å². The van der Waals surface area contributed by atoms with Gasteiger partial charge in [0.2, 0.25) is 0 Å². The number of phosphoric acid groups is 1. The molecule has 0 atom stereocenters. The van der Waals surface area contributed by atoms with Crippen molar-refractivity contribution in [2.45, 2.75) is 0 Å². The number of para-hydroxylation sites is 2. The van der Waals surface area contributed by atoms with Gasteiger partial charge in [0.25, 0.3) is 0 Å². The Balaban J connectivity index is 1.70. The Morgan fingerprint density at radius 2 is 1.15 bits per heavy atom. The lowest BCUT2D eigenvalue weighted by Crippen LogP contribution is -2.05. The lowest BCUT2D eigenvalue weighted by molar-refractivity contribution is 0.229. The summed E-state index contributed by atoms with van der Waals surface area (Å²) < 4.78 is 29.6. The normalized spacial score (nSPS) is 11.4. The highest BCUT2D eigenvalue weighted by molar-refractivity contribution is 7.49. The van der Waals surface area contributed by atoms with Crippen molar-refractivity contribution < 1.29 is 18.1 Å². The number of hydrogen-bond donors (Lipinski definition) is 0. The monoisotopic (exact) mass is 366 g/mol. The van der Waals surface area contributed by atoms with Gasteiger partial charge in [-0.2, -0.15) is 0 Å². The zero-order valence-electron chi connectivity index (χ0n) is 14.1. The number of phosphoric ester groups is 1. The minimum atomic E-state index is -3.84. The van der Waals surface area contributed by atoms with Crippen LogP contribution in [0.5, 0.6) is 11.5 Å². The molecule has 3 rings (SSSR count). The summed E-state index contributed by atoms with van der Waals surface area (Å²) in [6.07, 6.45) is 3.65. The van der Waals surface area contributed by atoms with E-state index >= 15 is 0 Å². The molecule has 0 aliphatic heterocycles. The molecule has 0 bridgehead atoms. The molecular weight excluding hydrogens is 347 g/mol. The van der Waals surface area contributed by atoms with E-state index in [2.05, 4.69) is 0 Å². The van der Waals surface area contributed by atoms with E-state index in [1.165, 1.54) is 0 Å². The largest absolute Gasteiger partial charge is 0.587 e. The maximum atomic E-state index is 13.1. The number of rotatable bonds is 8. The Hall–Kier alpha value is -2.81. The van der Waals surface area contributed by atoms with Crippen LogP contribution in [0.25, 0.3) is 6.08 Å². The predicted octanol–water partition coefficient (Wildman–Crippen LogP) is 5.98. The van der Waals surface area contributed by atoms with Crippen LogP contribution in [0.2, 0.25) is 0 Å². The van der Waals surface area contributed by atoms with Crippen LogP contribution in [0.1, 0.15) is 5.56 Å². The molecule has 0 unspecified atom stereocenters. The van der Waals surface area contributed by atoms with Crippen molar-refractivity contribution in [2.24, 2.45) is 0 Å². The maximum Gasteiger partial charge on any atom is 0.587 e. The Morgan fingerprint density at radius 3 is 1.65 bits per heavy atom. The van der Waals surface area contributed by atoms with Crippen LogP contribution in [0.15, 0.2) is 97.1 Å². The first-order valence-electron chi connectivity index (χ1n) is 8.19. The molecule has 0 aliphatic rings. The van der Waals surface area contributed by atoms with E-state index in [9.17, 15) is 4.57 Å². The van der Waals surface area contributed by atoms with Gasteiger partial charge in [0.15, 0.2) is 0 Å². The standard InChI is InChI=1S/C21H19O4P/c22-26(24-20-14-6-2-7-15-20,25-21-16-8-3-9-17-21)23-18-10-13-19-11-4-1-5-12-19/h1-17H,18H2. The molecule has 0 saturated heterocycles. The molecule has 0 aliphatic carbocycles. The molecule has 26 heavy (non-hydrogen) atoms. The van der Waals surface area contributed by atoms with Crippen molar-refractivity contribution in [1.29, 1.82) is 0 Å². The molecular formula is C21H19O4P. The molecule has 0 amide bonds. The summed E-state index contributed by atoms with van der Waals surface area (Å²) in [7, 11) is -3.84. The molecule has 132 valence electrons. The summed E-state index contributed by atoms with van der Waals surface area (Å²) in [6, 6.07) is 27.4. The van der Waals surface area contributed by atoms with Crippen molar-refractivity contribution in [1.82, 2.24) is 0 Å². The molecule has 0 N–H and O–H groups in total. The Morgan fingerprint density at radius 1 is 0.692 bits per heavy atom. The zero-order chi connectivity index (χ0) is 18.1. The van der Waals surface area contributed by atoms with Crippen molar-refractivity contribution in [3.63, 3.8) is 0 Å². The lowest BCUT2D eigenvalue weighted by Gasteiger charge is -2.18. The molecule has 0 saturated carbocycles. The van der Waals surface area contributed by atoms with Crippen molar-refractivity contribution in [3.05, 3.63) is 103 Å². The molecule has 0 radical (unpaired) electrons. The highest BCUT2D eigenvalue weighted by Crippen LogP contribution is 2.49. The molecule has 0 aromatic heterocycles. The van der Waals surface area contributed by atoms with Gasteiger partial charge in [-0.1, -0.05) is 78.9 Å². The fourth-order valence-corrected chi connectivity index (χ4v) is 3.35. The average Bonchev–Trinajstić information content (AvgIpc) is 2.68. The van der Waals surface area contributed by atoms with Crippen LogP contribution in [0.4, 0.5) is 0 Å². The topological polar surface area (TPSA) is 44.8 Å². The third-order valence-corrected chi connectivity index (χ3v) is 4.69. The molecule has 0 heterocycles. The van der Waals surface area contributed by atoms with E-state index < -0.39 is 7.82 Å². The van der Waals surface area contributed by atoms with Gasteiger partial charge in [0.05, 0.1) is 6.61 Å². The second-order valence-electron chi connectivity index (χ2n) is 5.36. The van der Waals surface area contributed by atoms with E-state index in [0.717, 1.165) is 5.56 Å². The van der Waals surface area contributed by atoms with Crippen molar-refractivity contribution >= 4 is 13.9 Å². The predicted molar refractivity (Wildman–Crippen MR) is 103 cm³/mol. The second kappa shape index (κ2) is 9.04. The van der Waals surface area contributed by atoms with Gasteiger partial charge in [-0.3, -0.25) is 4.52 Å². The van der Waals surface area contributed by atoms with Crippen molar-refractivity contribution in [2.75, 3.05) is 6.61 Å². The summed E-state index contributed by atoms with van der Waals surface area (Å²) in [6.45, 7) is 0.0891.